The first kappa shape index (κ1) is 18.9. The van der Waals surface area contributed by atoms with Crippen LogP contribution in [0.1, 0.15) is 51.4 Å². The molecule has 0 heterocycles. The summed E-state index contributed by atoms with van der Waals surface area (Å²) in [5, 5.41) is 16.5. The number of carbonyl (C=O) groups is 2. The SMILES string of the molecule is O=C(CCCNC(=O)C12CC3CC(CC(C3)C1)C2)Nc1cccc([N+](=O)[O-])c1. The maximum atomic E-state index is 12.9. The summed E-state index contributed by atoms with van der Waals surface area (Å²) in [6.07, 6.45) is 7.87. The molecule has 1 aromatic rings. The molecule has 7 heteroatoms. The van der Waals surface area contributed by atoms with Crippen LogP contribution < -0.4 is 10.6 Å². The topological polar surface area (TPSA) is 101 Å². The van der Waals surface area contributed by atoms with Crippen LogP contribution in [0.4, 0.5) is 11.4 Å². The minimum absolute atomic E-state index is 0.0550. The predicted octanol–water partition coefficient (Wildman–Crippen LogP) is 3.65. The van der Waals surface area contributed by atoms with Crippen LogP contribution in [0, 0.1) is 33.3 Å². The fourth-order valence-corrected chi connectivity index (χ4v) is 5.95. The van der Waals surface area contributed by atoms with Gasteiger partial charge in [0.2, 0.25) is 11.8 Å². The Morgan fingerprint density at radius 3 is 2.36 bits per heavy atom. The van der Waals surface area contributed by atoms with E-state index in [1.807, 2.05) is 0 Å². The van der Waals surface area contributed by atoms with Gasteiger partial charge in [0.1, 0.15) is 0 Å². The second-order valence-corrected chi connectivity index (χ2v) is 8.91. The molecule has 4 aliphatic carbocycles. The Balaban J connectivity index is 1.21. The van der Waals surface area contributed by atoms with Crippen LogP contribution in [-0.4, -0.2) is 23.3 Å². The number of carbonyl (C=O) groups excluding carboxylic acids is 2. The molecule has 0 spiro atoms. The van der Waals surface area contributed by atoms with Gasteiger partial charge in [-0.25, -0.2) is 0 Å². The standard InChI is InChI=1S/C21H27N3O4/c25-19(23-17-3-1-4-18(10-17)24(27)28)5-2-6-22-20(26)21-11-14-7-15(12-21)9-16(8-14)13-21/h1,3-4,10,14-16H,2,5-9,11-13H2,(H,22,26)(H,23,25). The molecule has 0 aliphatic heterocycles. The lowest BCUT2D eigenvalue weighted by molar-refractivity contribution is -0.384. The van der Waals surface area contributed by atoms with Crippen molar-refractivity contribution in [2.45, 2.75) is 51.4 Å². The molecular weight excluding hydrogens is 358 g/mol. The Morgan fingerprint density at radius 1 is 1.11 bits per heavy atom. The number of benzene rings is 1. The van der Waals surface area contributed by atoms with Gasteiger partial charge in [-0.3, -0.25) is 19.7 Å². The maximum absolute atomic E-state index is 12.9. The molecule has 4 bridgehead atoms. The van der Waals surface area contributed by atoms with Crippen LogP contribution >= 0.6 is 0 Å². The van der Waals surface area contributed by atoms with Crippen molar-refractivity contribution in [1.29, 1.82) is 0 Å². The molecule has 0 atom stereocenters. The third-order valence-corrected chi connectivity index (χ3v) is 6.73. The molecular formula is C21H27N3O4. The van der Waals surface area contributed by atoms with Gasteiger partial charge in [-0.05, 0) is 68.8 Å². The van der Waals surface area contributed by atoms with Crippen molar-refractivity contribution in [3.8, 4) is 0 Å². The van der Waals surface area contributed by atoms with E-state index in [9.17, 15) is 19.7 Å². The van der Waals surface area contributed by atoms with Crippen molar-refractivity contribution in [1.82, 2.24) is 5.32 Å². The van der Waals surface area contributed by atoms with E-state index in [2.05, 4.69) is 10.6 Å². The summed E-state index contributed by atoms with van der Waals surface area (Å²) < 4.78 is 0. The van der Waals surface area contributed by atoms with Gasteiger partial charge in [-0.1, -0.05) is 6.07 Å². The Labute approximate surface area is 164 Å². The third kappa shape index (κ3) is 3.88. The normalized spacial score (nSPS) is 30.1. The first-order valence-corrected chi connectivity index (χ1v) is 10.3. The lowest BCUT2D eigenvalue weighted by atomic mass is 9.49. The summed E-state index contributed by atoms with van der Waals surface area (Å²) in [5.74, 6) is 2.18. The molecule has 0 saturated heterocycles. The minimum Gasteiger partial charge on any atom is -0.356 e. The van der Waals surface area contributed by atoms with Gasteiger partial charge in [-0.15, -0.1) is 0 Å². The molecule has 1 aromatic carbocycles. The number of nitro benzene ring substituents is 1. The third-order valence-electron chi connectivity index (χ3n) is 6.73. The van der Waals surface area contributed by atoms with Crippen molar-refractivity contribution in [2.24, 2.45) is 23.2 Å². The Bertz CT molecular complexity index is 756. The average molecular weight is 385 g/mol. The highest BCUT2D eigenvalue weighted by atomic mass is 16.6. The quantitative estimate of drug-likeness (QED) is 0.425. The summed E-state index contributed by atoms with van der Waals surface area (Å²) in [5.41, 5.74) is 0.206. The van der Waals surface area contributed by atoms with Crippen LogP contribution in [0.3, 0.4) is 0 Å². The molecule has 2 amide bonds. The van der Waals surface area contributed by atoms with Crippen LogP contribution in [0.15, 0.2) is 24.3 Å². The first-order chi connectivity index (χ1) is 13.4. The van der Waals surface area contributed by atoms with E-state index in [1.165, 1.54) is 31.4 Å². The largest absolute Gasteiger partial charge is 0.356 e. The number of nitrogens with one attached hydrogen (secondary N) is 2. The fraction of sp³-hybridized carbons (Fsp3) is 0.619. The fourth-order valence-electron chi connectivity index (χ4n) is 5.95. The lowest BCUT2D eigenvalue weighted by Gasteiger charge is -2.55. The van der Waals surface area contributed by atoms with Crippen LogP contribution in [-0.2, 0) is 9.59 Å². The molecule has 150 valence electrons. The van der Waals surface area contributed by atoms with Gasteiger partial charge in [0.15, 0.2) is 0 Å². The van der Waals surface area contributed by atoms with E-state index in [0.717, 1.165) is 37.0 Å². The second kappa shape index (κ2) is 7.53. The predicted molar refractivity (Wildman–Crippen MR) is 105 cm³/mol. The average Bonchev–Trinajstić information content (AvgIpc) is 2.64. The smallest absolute Gasteiger partial charge is 0.271 e. The van der Waals surface area contributed by atoms with Crippen molar-refractivity contribution in [3.05, 3.63) is 34.4 Å². The summed E-state index contributed by atoms with van der Waals surface area (Å²) in [6, 6.07) is 5.89. The van der Waals surface area contributed by atoms with Gasteiger partial charge in [-0.2, -0.15) is 0 Å². The van der Waals surface area contributed by atoms with Crippen LogP contribution in [0.5, 0.6) is 0 Å². The van der Waals surface area contributed by atoms with Crippen LogP contribution in [0.25, 0.3) is 0 Å². The Hall–Kier alpha value is -2.44. The number of non-ortho nitro benzene ring substituents is 1. The highest BCUT2D eigenvalue weighted by Crippen LogP contribution is 2.60. The number of rotatable bonds is 7. The van der Waals surface area contributed by atoms with E-state index in [4.69, 9.17) is 0 Å². The summed E-state index contributed by atoms with van der Waals surface area (Å²) in [4.78, 5) is 35.2. The van der Waals surface area contributed by atoms with Gasteiger partial charge in [0.25, 0.3) is 5.69 Å². The molecule has 0 aromatic heterocycles. The number of nitrogens with zero attached hydrogens (tertiary/aromatic N) is 1. The molecule has 4 aliphatic rings. The van der Waals surface area contributed by atoms with E-state index in [1.54, 1.807) is 12.1 Å². The second-order valence-electron chi connectivity index (χ2n) is 8.91. The zero-order chi connectivity index (χ0) is 19.7. The lowest BCUT2D eigenvalue weighted by Crippen LogP contribution is -2.53. The van der Waals surface area contributed by atoms with Gasteiger partial charge in [0, 0.05) is 36.2 Å². The molecule has 5 rings (SSSR count). The Kier molecular flexibility index (Phi) is 5.08. The van der Waals surface area contributed by atoms with Gasteiger partial charge < -0.3 is 10.6 Å². The van der Waals surface area contributed by atoms with Crippen molar-refractivity contribution < 1.29 is 14.5 Å². The van der Waals surface area contributed by atoms with E-state index < -0.39 is 4.92 Å². The minimum atomic E-state index is -0.490. The maximum Gasteiger partial charge on any atom is 0.271 e. The number of anilines is 1. The summed E-state index contributed by atoms with van der Waals surface area (Å²) >= 11 is 0. The van der Waals surface area contributed by atoms with Crippen molar-refractivity contribution >= 4 is 23.2 Å². The number of amides is 2. The highest BCUT2D eigenvalue weighted by molar-refractivity contribution is 5.91. The number of hydrogen-bond donors (Lipinski definition) is 2. The molecule has 4 fully saturated rings. The van der Waals surface area contributed by atoms with Gasteiger partial charge in [0.05, 0.1) is 4.92 Å². The molecule has 0 unspecified atom stereocenters. The van der Waals surface area contributed by atoms with E-state index in [-0.39, 0.29) is 29.3 Å². The van der Waals surface area contributed by atoms with E-state index >= 15 is 0 Å². The van der Waals surface area contributed by atoms with Gasteiger partial charge >= 0.3 is 0 Å². The zero-order valence-electron chi connectivity index (χ0n) is 16.0. The molecule has 7 nitrogen and oxygen atoms in total. The first-order valence-electron chi connectivity index (χ1n) is 10.3. The Morgan fingerprint density at radius 2 is 1.75 bits per heavy atom. The monoisotopic (exact) mass is 385 g/mol. The highest BCUT2D eigenvalue weighted by Gasteiger charge is 2.54. The number of hydrogen-bond acceptors (Lipinski definition) is 4. The number of nitro groups is 1. The molecule has 4 saturated carbocycles. The van der Waals surface area contributed by atoms with Crippen molar-refractivity contribution in [2.75, 3.05) is 11.9 Å². The molecule has 2 N–H and O–H groups in total. The van der Waals surface area contributed by atoms with E-state index in [0.29, 0.717) is 18.7 Å². The summed E-state index contributed by atoms with van der Waals surface area (Å²) in [7, 11) is 0. The van der Waals surface area contributed by atoms with Crippen molar-refractivity contribution in [3.63, 3.8) is 0 Å². The molecule has 0 radical (unpaired) electrons. The molecule has 28 heavy (non-hydrogen) atoms. The zero-order valence-corrected chi connectivity index (χ0v) is 16.0. The summed E-state index contributed by atoms with van der Waals surface area (Å²) in [6.45, 7) is 0.489. The van der Waals surface area contributed by atoms with Crippen LogP contribution in [0.2, 0.25) is 0 Å².